The highest BCUT2D eigenvalue weighted by atomic mass is 79.9. The van der Waals surface area contributed by atoms with Crippen LogP contribution in [0.25, 0.3) is 0 Å². The first-order valence-corrected chi connectivity index (χ1v) is 7.21. The maximum absolute atomic E-state index is 6.01. The lowest BCUT2D eigenvalue weighted by Gasteiger charge is -2.21. The highest BCUT2D eigenvalue weighted by Crippen LogP contribution is 2.30. The molecule has 4 heteroatoms. The van der Waals surface area contributed by atoms with Gasteiger partial charge in [0.25, 0.3) is 0 Å². The summed E-state index contributed by atoms with van der Waals surface area (Å²) in [6.07, 6.45) is 2.79. The van der Waals surface area contributed by atoms with E-state index in [1.807, 2.05) is 30.3 Å². The quantitative estimate of drug-likeness (QED) is 0.886. The number of nitrogens with two attached hydrogens (primary N) is 1. The van der Waals surface area contributed by atoms with Crippen molar-refractivity contribution in [3.8, 4) is 0 Å². The van der Waals surface area contributed by atoms with Crippen molar-refractivity contribution < 1.29 is 0 Å². The van der Waals surface area contributed by atoms with Gasteiger partial charge in [0.15, 0.2) is 0 Å². The molecule has 19 heavy (non-hydrogen) atoms. The number of nitrogens with one attached hydrogen (secondary N) is 1. The van der Waals surface area contributed by atoms with Crippen molar-refractivity contribution in [3.63, 3.8) is 0 Å². The average Bonchev–Trinajstić information content (AvgIpc) is 2.42. The van der Waals surface area contributed by atoms with Gasteiger partial charge in [-0.15, -0.1) is 0 Å². The van der Waals surface area contributed by atoms with Crippen LogP contribution in [0, 0.1) is 0 Å². The number of nitrogens with zero attached hydrogens (tertiary/aromatic N) is 1. The molecule has 1 aromatic heterocycles. The van der Waals surface area contributed by atoms with Gasteiger partial charge in [-0.1, -0.05) is 47.1 Å². The van der Waals surface area contributed by atoms with Crippen molar-refractivity contribution in [1.82, 2.24) is 10.3 Å². The molecule has 0 aliphatic heterocycles. The summed E-state index contributed by atoms with van der Waals surface area (Å²) in [5.74, 6) is 0.576. The Morgan fingerprint density at radius 1 is 1.21 bits per heavy atom. The molecule has 1 aromatic carbocycles. The van der Waals surface area contributed by atoms with Crippen LogP contribution in [0.4, 0.5) is 5.82 Å². The second-order valence-corrected chi connectivity index (χ2v) is 5.24. The molecular formula is C15H18BrN3. The number of nitrogen functional groups attached to an aromatic ring is 1. The molecule has 100 valence electrons. The molecule has 0 fully saturated rings. The van der Waals surface area contributed by atoms with Crippen LogP contribution in [0.5, 0.6) is 0 Å². The topological polar surface area (TPSA) is 50.9 Å². The zero-order chi connectivity index (χ0) is 13.7. The highest BCUT2D eigenvalue weighted by molar-refractivity contribution is 9.10. The van der Waals surface area contributed by atoms with Crippen LogP contribution >= 0.6 is 15.9 Å². The van der Waals surface area contributed by atoms with Crippen molar-refractivity contribution in [2.75, 3.05) is 12.3 Å². The van der Waals surface area contributed by atoms with Crippen LogP contribution < -0.4 is 11.1 Å². The SMILES string of the molecule is CCCNC(c1ccccc1Br)c1cccnc1N. The minimum Gasteiger partial charge on any atom is -0.383 e. The molecule has 0 saturated heterocycles. The molecule has 0 amide bonds. The molecule has 3 nitrogen and oxygen atoms in total. The number of benzene rings is 1. The first kappa shape index (κ1) is 14.0. The number of halogens is 1. The summed E-state index contributed by atoms with van der Waals surface area (Å²) in [4.78, 5) is 4.19. The fourth-order valence-corrected chi connectivity index (χ4v) is 2.57. The Balaban J connectivity index is 2.42. The maximum Gasteiger partial charge on any atom is 0.128 e. The van der Waals surface area contributed by atoms with Gasteiger partial charge in [0.2, 0.25) is 0 Å². The van der Waals surface area contributed by atoms with E-state index in [2.05, 4.69) is 39.2 Å². The molecule has 1 unspecified atom stereocenters. The largest absolute Gasteiger partial charge is 0.383 e. The molecule has 2 rings (SSSR count). The van der Waals surface area contributed by atoms with Crippen LogP contribution in [0.3, 0.4) is 0 Å². The van der Waals surface area contributed by atoms with Gasteiger partial charge in [0.1, 0.15) is 5.82 Å². The third kappa shape index (κ3) is 3.33. The van der Waals surface area contributed by atoms with Gasteiger partial charge < -0.3 is 11.1 Å². The second kappa shape index (κ2) is 6.68. The molecule has 0 aliphatic rings. The van der Waals surface area contributed by atoms with Crippen LogP contribution in [-0.4, -0.2) is 11.5 Å². The van der Waals surface area contributed by atoms with Crippen LogP contribution in [0.15, 0.2) is 47.1 Å². The van der Waals surface area contributed by atoms with Crippen LogP contribution in [-0.2, 0) is 0 Å². The molecule has 0 radical (unpaired) electrons. The Kier molecular flexibility index (Phi) is 4.93. The van der Waals surface area contributed by atoms with Crippen molar-refractivity contribution in [3.05, 3.63) is 58.2 Å². The average molecular weight is 320 g/mol. The normalized spacial score (nSPS) is 12.3. The lowest BCUT2D eigenvalue weighted by atomic mass is 9.99. The molecule has 0 spiro atoms. The smallest absolute Gasteiger partial charge is 0.128 e. The number of aromatic nitrogens is 1. The third-order valence-corrected chi connectivity index (χ3v) is 3.72. The minimum absolute atomic E-state index is 0.0595. The van der Waals surface area contributed by atoms with E-state index in [0.717, 1.165) is 23.0 Å². The van der Waals surface area contributed by atoms with E-state index >= 15 is 0 Å². The second-order valence-electron chi connectivity index (χ2n) is 4.39. The molecule has 2 aromatic rings. The maximum atomic E-state index is 6.01. The van der Waals surface area contributed by atoms with Gasteiger partial charge in [-0.2, -0.15) is 0 Å². The summed E-state index contributed by atoms with van der Waals surface area (Å²) in [5.41, 5.74) is 8.21. The standard InChI is InChI=1S/C15H18BrN3/c1-2-9-18-14(11-6-3-4-8-13(11)16)12-7-5-10-19-15(12)17/h3-8,10,14,18H,2,9H2,1H3,(H2,17,19). The molecule has 0 saturated carbocycles. The summed E-state index contributed by atoms with van der Waals surface area (Å²) >= 11 is 3.61. The fraction of sp³-hybridized carbons (Fsp3) is 0.267. The lowest BCUT2D eigenvalue weighted by molar-refractivity contribution is 0.597. The van der Waals surface area contributed by atoms with E-state index in [-0.39, 0.29) is 6.04 Å². The Morgan fingerprint density at radius 3 is 2.63 bits per heavy atom. The van der Waals surface area contributed by atoms with Crippen LogP contribution in [0.2, 0.25) is 0 Å². The van der Waals surface area contributed by atoms with Crippen molar-refractivity contribution in [2.24, 2.45) is 0 Å². The Morgan fingerprint density at radius 2 is 1.95 bits per heavy atom. The minimum atomic E-state index is 0.0595. The predicted molar refractivity (Wildman–Crippen MR) is 82.9 cm³/mol. The van der Waals surface area contributed by atoms with Gasteiger partial charge in [0.05, 0.1) is 6.04 Å². The number of hydrogen-bond donors (Lipinski definition) is 2. The number of anilines is 1. The molecule has 1 atom stereocenters. The van der Waals surface area contributed by atoms with E-state index < -0.39 is 0 Å². The summed E-state index contributed by atoms with van der Waals surface area (Å²) in [7, 11) is 0. The van der Waals surface area contributed by atoms with Gasteiger partial charge >= 0.3 is 0 Å². The van der Waals surface area contributed by atoms with Gasteiger partial charge in [-0.3, -0.25) is 0 Å². The van der Waals surface area contributed by atoms with E-state index in [4.69, 9.17) is 5.73 Å². The highest BCUT2D eigenvalue weighted by Gasteiger charge is 2.18. The van der Waals surface area contributed by atoms with Gasteiger partial charge in [-0.25, -0.2) is 4.98 Å². The molecule has 0 bridgehead atoms. The van der Waals surface area contributed by atoms with Gasteiger partial charge in [0, 0.05) is 16.2 Å². The molecule has 1 heterocycles. The Hall–Kier alpha value is -1.39. The summed E-state index contributed by atoms with van der Waals surface area (Å²) in [6, 6.07) is 12.2. The molecule has 3 N–H and O–H groups in total. The van der Waals surface area contributed by atoms with Gasteiger partial charge in [-0.05, 0) is 30.7 Å². The first-order chi connectivity index (χ1) is 9.24. The number of pyridine rings is 1. The van der Waals surface area contributed by atoms with Crippen molar-refractivity contribution in [1.29, 1.82) is 0 Å². The summed E-state index contributed by atoms with van der Waals surface area (Å²) < 4.78 is 1.08. The zero-order valence-corrected chi connectivity index (χ0v) is 12.5. The fourth-order valence-electron chi connectivity index (χ4n) is 2.06. The van der Waals surface area contributed by atoms with E-state index in [1.54, 1.807) is 6.20 Å². The number of rotatable bonds is 5. The lowest BCUT2D eigenvalue weighted by Crippen LogP contribution is -2.24. The number of hydrogen-bond acceptors (Lipinski definition) is 3. The molecular weight excluding hydrogens is 302 g/mol. The van der Waals surface area contributed by atoms with E-state index in [0.29, 0.717) is 5.82 Å². The zero-order valence-electron chi connectivity index (χ0n) is 10.9. The summed E-state index contributed by atoms with van der Waals surface area (Å²) in [5, 5.41) is 3.53. The molecule has 0 aliphatic carbocycles. The third-order valence-electron chi connectivity index (χ3n) is 3.00. The first-order valence-electron chi connectivity index (χ1n) is 6.42. The predicted octanol–water partition coefficient (Wildman–Crippen LogP) is 3.52. The monoisotopic (exact) mass is 319 g/mol. The van der Waals surface area contributed by atoms with E-state index in [9.17, 15) is 0 Å². The Bertz CT molecular complexity index is 497. The summed E-state index contributed by atoms with van der Waals surface area (Å²) in [6.45, 7) is 3.08. The van der Waals surface area contributed by atoms with Crippen LogP contribution in [0.1, 0.15) is 30.5 Å². The van der Waals surface area contributed by atoms with E-state index in [1.165, 1.54) is 5.56 Å². The van der Waals surface area contributed by atoms with Crippen molar-refractivity contribution in [2.45, 2.75) is 19.4 Å². The Labute approximate surface area is 122 Å². The van der Waals surface area contributed by atoms with Crippen molar-refractivity contribution >= 4 is 21.7 Å².